The van der Waals surface area contributed by atoms with Gasteiger partial charge in [0.25, 0.3) is 5.69 Å². The molecule has 1 atom stereocenters. The topological polar surface area (TPSA) is 80.4 Å². The normalized spacial score (nSPS) is 12.1. The van der Waals surface area contributed by atoms with Gasteiger partial charge in [0.2, 0.25) is 0 Å². The van der Waals surface area contributed by atoms with E-state index in [4.69, 9.17) is 5.11 Å². The van der Waals surface area contributed by atoms with E-state index < -0.39 is 4.92 Å². The van der Waals surface area contributed by atoms with E-state index >= 15 is 0 Å². The molecule has 1 N–H and O–H groups in total. The number of nitro groups is 1. The number of aliphatic hydroxyl groups is 1. The van der Waals surface area contributed by atoms with Crippen molar-refractivity contribution in [2.24, 2.45) is 0 Å². The molecule has 1 unspecified atom stereocenters. The van der Waals surface area contributed by atoms with E-state index in [-0.39, 0.29) is 23.1 Å². The molecule has 0 radical (unpaired) electrons. The van der Waals surface area contributed by atoms with Gasteiger partial charge in [-0.1, -0.05) is 6.92 Å². The summed E-state index contributed by atoms with van der Waals surface area (Å²) in [6, 6.07) is 4.11. The highest BCUT2D eigenvalue weighted by Crippen LogP contribution is 2.28. The highest BCUT2D eigenvalue weighted by molar-refractivity contribution is 8.00. The molecule has 0 fully saturated rings. The average molecular weight is 241 g/mol. The minimum Gasteiger partial charge on any atom is -0.395 e. The predicted molar refractivity (Wildman–Crippen MR) is 60.9 cm³/mol. The summed E-state index contributed by atoms with van der Waals surface area (Å²) in [5.74, 6) is 0. The van der Waals surface area contributed by atoms with E-state index in [1.807, 2.05) is 0 Å². The van der Waals surface area contributed by atoms with Gasteiger partial charge in [-0.25, -0.2) is 0 Å². The standard InChI is InChI=1S/C10H11NO4S/c1-7(5-12)16-10-3-2-9(11(14)15)4-8(10)6-13/h2-4,6-7,12H,5H2,1H3. The van der Waals surface area contributed by atoms with Crippen molar-refractivity contribution in [1.82, 2.24) is 0 Å². The van der Waals surface area contributed by atoms with E-state index in [2.05, 4.69) is 0 Å². The molecule has 5 nitrogen and oxygen atoms in total. The third-order valence-corrected chi connectivity index (χ3v) is 3.09. The number of carbonyl (C=O) groups excluding carboxylic acids is 1. The monoisotopic (exact) mass is 241 g/mol. The predicted octanol–water partition coefficient (Wildman–Crippen LogP) is 1.88. The van der Waals surface area contributed by atoms with E-state index in [1.165, 1.54) is 30.0 Å². The van der Waals surface area contributed by atoms with Crippen LogP contribution in [0, 0.1) is 10.1 Å². The largest absolute Gasteiger partial charge is 0.395 e. The molecule has 1 aromatic rings. The molecule has 86 valence electrons. The number of nitro benzene ring substituents is 1. The van der Waals surface area contributed by atoms with Crippen molar-refractivity contribution in [2.45, 2.75) is 17.1 Å². The molecule has 0 amide bonds. The lowest BCUT2D eigenvalue weighted by atomic mass is 10.2. The maximum atomic E-state index is 10.8. The summed E-state index contributed by atoms with van der Waals surface area (Å²) in [6.07, 6.45) is 0.583. The molecule has 0 aliphatic carbocycles. The number of hydrogen-bond donors (Lipinski definition) is 1. The highest BCUT2D eigenvalue weighted by Gasteiger charge is 2.12. The average Bonchev–Trinajstić information content (AvgIpc) is 2.29. The Bertz CT molecular complexity index is 408. The summed E-state index contributed by atoms with van der Waals surface area (Å²) in [7, 11) is 0. The molecule has 0 heterocycles. The lowest BCUT2D eigenvalue weighted by Crippen LogP contribution is -2.02. The number of thioether (sulfide) groups is 1. The quantitative estimate of drug-likeness (QED) is 0.368. The van der Waals surface area contributed by atoms with Crippen LogP contribution in [0.5, 0.6) is 0 Å². The fraction of sp³-hybridized carbons (Fsp3) is 0.300. The van der Waals surface area contributed by atoms with Crippen molar-refractivity contribution >= 4 is 23.7 Å². The van der Waals surface area contributed by atoms with Crippen LogP contribution in [0.25, 0.3) is 0 Å². The van der Waals surface area contributed by atoms with Crippen molar-refractivity contribution in [2.75, 3.05) is 6.61 Å². The van der Waals surface area contributed by atoms with E-state index in [9.17, 15) is 14.9 Å². The lowest BCUT2D eigenvalue weighted by Gasteiger charge is -2.08. The van der Waals surface area contributed by atoms with E-state index in [0.29, 0.717) is 11.2 Å². The number of aldehydes is 1. The van der Waals surface area contributed by atoms with Gasteiger partial charge in [0.05, 0.1) is 11.5 Å². The first-order valence-corrected chi connectivity index (χ1v) is 5.47. The zero-order valence-electron chi connectivity index (χ0n) is 8.62. The van der Waals surface area contributed by atoms with Gasteiger partial charge in [-0.05, 0) is 6.07 Å². The second kappa shape index (κ2) is 5.62. The number of hydrogen-bond acceptors (Lipinski definition) is 5. The zero-order valence-corrected chi connectivity index (χ0v) is 9.44. The summed E-state index contributed by atoms with van der Waals surface area (Å²) in [4.78, 5) is 21.4. The van der Waals surface area contributed by atoms with Crippen LogP contribution in [0.1, 0.15) is 17.3 Å². The molecule has 0 bridgehead atoms. The first-order chi connectivity index (χ1) is 7.58. The Morgan fingerprint density at radius 1 is 1.62 bits per heavy atom. The van der Waals surface area contributed by atoms with Crippen molar-refractivity contribution in [3.63, 3.8) is 0 Å². The van der Waals surface area contributed by atoms with Crippen molar-refractivity contribution in [1.29, 1.82) is 0 Å². The summed E-state index contributed by atoms with van der Waals surface area (Å²) < 4.78 is 0. The number of rotatable bonds is 5. The molecular weight excluding hydrogens is 230 g/mol. The number of carbonyl (C=O) groups is 1. The third-order valence-electron chi connectivity index (χ3n) is 1.92. The van der Waals surface area contributed by atoms with Gasteiger partial charge >= 0.3 is 0 Å². The van der Waals surface area contributed by atoms with Crippen LogP contribution in [0.2, 0.25) is 0 Å². The summed E-state index contributed by atoms with van der Waals surface area (Å²) in [6.45, 7) is 1.79. The van der Waals surface area contributed by atoms with Gasteiger partial charge in [-0.15, -0.1) is 11.8 Å². The molecule has 0 aromatic heterocycles. The van der Waals surface area contributed by atoms with Crippen molar-refractivity contribution in [3.05, 3.63) is 33.9 Å². The van der Waals surface area contributed by atoms with Crippen LogP contribution in [-0.4, -0.2) is 28.2 Å². The summed E-state index contributed by atoms with van der Waals surface area (Å²) >= 11 is 1.31. The summed E-state index contributed by atoms with van der Waals surface area (Å²) in [5.41, 5.74) is 0.169. The molecule has 6 heteroatoms. The fourth-order valence-corrected chi connectivity index (χ4v) is 2.00. The fourth-order valence-electron chi connectivity index (χ4n) is 1.10. The Balaban J connectivity index is 3.02. The minimum absolute atomic E-state index is 0.0139. The number of benzene rings is 1. The highest BCUT2D eigenvalue weighted by atomic mass is 32.2. The SMILES string of the molecule is CC(CO)Sc1ccc([N+](=O)[O-])cc1C=O. The maximum absolute atomic E-state index is 10.8. The van der Waals surface area contributed by atoms with Crippen LogP contribution in [0.15, 0.2) is 23.1 Å². The number of aliphatic hydroxyl groups excluding tert-OH is 1. The third kappa shape index (κ3) is 3.04. The van der Waals surface area contributed by atoms with Crippen molar-refractivity contribution < 1.29 is 14.8 Å². The molecule has 0 spiro atoms. The zero-order chi connectivity index (χ0) is 12.1. The molecule has 1 rings (SSSR count). The van der Waals surface area contributed by atoms with Gasteiger partial charge in [-0.2, -0.15) is 0 Å². The van der Waals surface area contributed by atoms with Gasteiger partial charge in [0.1, 0.15) is 0 Å². The van der Waals surface area contributed by atoms with Gasteiger partial charge in [0.15, 0.2) is 6.29 Å². The molecule has 1 aromatic carbocycles. The first-order valence-electron chi connectivity index (χ1n) is 4.59. The Morgan fingerprint density at radius 2 is 2.31 bits per heavy atom. The van der Waals surface area contributed by atoms with Crippen LogP contribution in [0.3, 0.4) is 0 Å². The molecular formula is C10H11NO4S. The van der Waals surface area contributed by atoms with Gasteiger partial charge < -0.3 is 5.11 Å². The Labute approximate surface area is 96.6 Å². The smallest absolute Gasteiger partial charge is 0.270 e. The Morgan fingerprint density at radius 3 is 2.81 bits per heavy atom. The molecule has 0 aliphatic heterocycles. The van der Waals surface area contributed by atoms with Crippen LogP contribution >= 0.6 is 11.8 Å². The molecule has 0 aliphatic rings. The number of non-ortho nitro benzene ring substituents is 1. The minimum atomic E-state index is -0.545. The van der Waals surface area contributed by atoms with Gasteiger partial charge in [0, 0.05) is 27.8 Å². The molecule has 0 saturated heterocycles. The van der Waals surface area contributed by atoms with E-state index in [1.54, 1.807) is 6.92 Å². The second-order valence-corrected chi connectivity index (χ2v) is 4.69. The van der Waals surface area contributed by atoms with Crippen LogP contribution in [0.4, 0.5) is 5.69 Å². The van der Waals surface area contributed by atoms with Gasteiger partial charge in [-0.3, -0.25) is 14.9 Å². The molecule has 16 heavy (non-hydrogen) atoms. The molecule has 0 saturated carbocycles. The Kier molecular flexibility index (Phi) is 4.45. The lowest BCUT2D eigenvalue weighted by molar-refractivity contribution is -0.384. The van der Waals surface area contributed by atoms with Crippen LogP contribution < -0.4 is 0 Å². The second-order valence-electron chi connectivity index (χ2n) is 3.21. The number of nitrogens with zero attached hydrogens (tertiary/aromatic N) is 1. The first kappa shape index (κ1) is 12.7. The van der Waals surface area contributed by atoms with E-state index in [0.717, 1.165) is 0 Å². The Hall–Kier alpha value is -1.40. The summed E-state index contributed by atoms with van der Waals surface area (Å²) in [5, 5.41) is 19.3. The van der Waals surface area contributed by atoms with Crippen LogP contribution in [-0.2, 0) is 0 Å². The maximum Gasteiger partial charge on any atom is 0.270 e. The van der Waals surface area contributed by atoms with Crippen molar-refractivity contribution in [3.8, 4) is 0 Å².